The highest BCUT2D eigenvalue weighted by molar-refractivity contribution is 7.93. The van der Waals surface area contributed by atoms with Gasteiger partial charge in [-0.05, 0) is 54.3 Å². The molecule has 0 radical (unpaired) electrons. The standard InChI is InChI=1S/C23H27N3O4S/c1-16(2)17-5-3-6-21(13-17)25-15-18(14-22(25)27)23(28)24-19-7-9-20(10-8-19)26-11-4-12-31(26,29)30/h3,5-10,13,16,18H,4,11-12,14-15H2,1-2H3,(H,24,28). The van der Waals surface area contributed by atoms with Gasteiger partial charge in [-0.1, -0.05) is 26.0 Å². The quantitative estimate of drug-likeness (QED) is 0.771. The number of rotatable bonds is 5. The summed E-state index contributed by atoms with van der Waals surface area (Å²) in [7, 11) is -3.23. The Hall–Kier alpha value is -2.87. The summed E-state index contributed by atoms with van der Waals surface area (Å²) < 4.78 is 25.5. The SMILES string of the molecule is CC(C)c1cccc(N2CC(C(=O)Nc3ccc(N4CCCS4(=O)=O)cc3)CC2=O)c1. The second-order valence-corrected chi connectivity index (χ2v) is 10.4. The fraction of sp³-hybridized carbons (Fsp3) is 0.391. The Morgan fingerprint density at radius 1 is 1.10 bits per heavy atom. The molecule has 2 saturated heterocycles. The van der Waals surface area contributed by atoms with Crippen LogP contribution < -0.4 is 14.5 Å². The van der Waals surface area contributed by atoms with Gasteiger partial charge in [0, 0.05) is 30.9 Å². The molecule has 2 aliphatic heterocycles. The zero-order valence-electron chi connectivity index (χ0n) is 17.7. The molecule has 0 aromatic heterocycles. The minimum atomic E-state index is -3.23. The molecule has 2 aromatic rings. The maximum Gasteiger partial charge on any atom is 0.235 e. The van der Waals surface area contributed by atoms with Crippen molar-refractivity contribution in [3.05, 3.63) is 54.1 Å². The summed E-state index contributed by atoms with van der Waals surface area (Å²) in [6, 6.07) is 14.7. The van der Waals surface area contributed by atoms with Crippen LogP contribution >= 0.6 is 0 Å². The fourth-order valence-corrected chi connectivity index (χ4v) is 5.63. The first-order chi connectivity index (χ1) is 14.7. The summed E-state index contributed by atoms with van der Waals surface area (Å²) in [5.74, 6) is -0.185. The molecule has 164 valence electrons. The monoisotopic (exact) mass is 441 g/mol. The van der Waals surface area contributed by atoms with Crippen molar-refractivity contribution in [3.8, 4) is 0 Å². The number of nitrogens with one attached hydrogen (secondary N) is 1. The Balaban J connectivity index is 1.41. The van der Waals surface area contributed by atoms with Crippen molar-refractivity contribution in [2.75, 3.05) is 33.4 Å². The molecule has 0 saturated carbocycles. The molecule has 0 aliphatic carbocycles. The second kappa shape index (κ2) is 8.34. The Morgan fingerprint density at radius 3 is 2.48 bits per heavy atom. The predicted molar refractivity (Wildman–Crippen MR) is 122 cm³/mol. The van der Waals surface area contributed by atoms with Crippen LogP contribution in [0.2, 0.25) is 0 Å². The summed E-state index contributed by atoms with van der Waals surface area (Å²) in [5.41, 5.74) is 3.15. The molecule has 7 nitrogen and oxygen atoms in total. The number of carbonyl (C=O) groups excluding carboxylic acids is 2. The number of anilines is 3. The number of hydrogen-bond donors (Lipinski definition) is 1. The third kappa shape index (κ3) is 4.44. The largest absolute Gasteiger partial charge is 0.326 e. The van der Waals surface area contributed by atoms with Crippen LogP contribution in [0, 0.1) is 5.92 Å². The molecule has 2 aromatic carbocycles. The van der Waals surface area contributed by atoms with E-state index in [0.29, 0.717) is 36.8 Å². The Labute approximate surface area is 183 Å². The average molecular weight is 442 g/mol. The lowest BCUT2D eigenvalue weighted by atomic mass is 10.0. The summed E-state index contributed by atoms with van der Waals surface area (Å²) in [6.07, 6.45) is 0.787. The van der Waals surface area contributed by atoms with Gasteiger partial charge in [-0.25, -0.2) is 8.42 Å². The molecular weight excluding hydrogens is 414 g/mol. The average Bonchev–Trinajstić information content (AvgIpc) is 3.30. The molecule has 1 atom stereocenters. The number of hydrogen-bond acceptors (Lipinski definition) is 4. The molecule has 2 fully saturated rings. The number of nitrogens with zero attached hydrogens (tertiary/aromatic N) is 2. The Bertz CT molecular complexity index is 1100. The molecule has 31 heavy (non-hydrogen) atoms. The molecule has 1 N–H and O–H groups in total. The maximum absolute atomic E-state index is 12.8. The third-order valence-corrected chi connectivity index (χ3v) is 7.74. The van der Waals surface area contributed by atoms with E-state index in [-0.39, 0.29) is 24.0 Å². The van der Waals surface area contributed by atoms with E-state index in [4.69, 9.17) is 0 Å². The van der Waals surface area contributed by atoms with E-state index in [1.165, 1.54) is 4.31 Å². The molecule has 1 unspecified atom stereocenters. The van der Waals surface area contributed by atoms with Gasteiger partial charge in [-0.15, -0.1) is 0 Å². The smallest absolute Gasteiger partial charge is 0.235 e. The summed E-state index contributed by atoms with van der Waals surface area (Å²) in [4.78, 5) is 27.0. The van der Waals surface area contributed by atoms with E-state index in [1.807, 2.05) is 24.3 Å². The molecule has 2 amide bonds. The second-order valence-electron chi connectivity index (χ2n) is 8.43. The fourth-order valence-electron chi connectivity index (χ4n) is 4.07. The first-order valence-electron chi connectivity index (χ1n) is 10.6. The topological polar surface area (TPSA) is 86.8 Å². The van der Waals surface area contributed by atoms with Crippen molar-refractivity contribution in [1.29, 1.82) is 0 Å². The lowest BCUT2D eigenvalue weighted by molar-refractivity contribution is -0.122. The summed E-state index contributed by atoms with van der Waals surface area (Å²) in [6.45, 7) is 5.03. The highest BCUT2D eigenvalue weighted by atomic mass is 32.2. The third-order valence-electron chi connectivity index (χ3n) is 5.87. The van der Waals surface area contributed by atoms with Crippen LogP contribution in [0.4, 0.5) is 17.1 Å². The van der Waals surface area contributed by atoms with Crippen LogP contribution in [-0.4, -0.2) is 39.1 Å². The molecule has 4 rings (SSSR count). The van der Waals surface area contributed by atoms with E-state index in [2.05, 4.69) is 19.2 Å². The van der Waals surface area contributed by atoms with Crippen LogP contribution in [0.3, 0.4) is 0 Å². The molecule has 0 bridgehead atoms. The van der Waals surface area contributed by atoms with Gasteiger partial charge in [0.05, 0.1) is 17.4 Å². The maximum atomic E-state index is 12.8. The Morgan fingerprint density at radius 2 is 1.84 bits per heavy atom. The van der Waals surface area contributed by atoms with E-state index in [9.17, 15) is 18.0 Å². The minimum Gasteiger partial charge on any atom is -0.326 e. The molecule has 8 heteroatoms. The van der Waals surface area contributed by atoms with Crippen molar-refractivity contribution >= 4 is 38.9 Å². The predicted octanol–water partition coefficient (Wildman–Crippen LogP) is 3.34. The zero-order valence-corrected chi connectivity index (χ0v) is 18.6. The highest BCUT2D eigenvalue weighted by Crippen LogP contribution is 2.29. The van der Waals surface area contributed by atoms with E-state index >= 15 is 0 Å². The van der Waals surface area contributed by atoms with Crippen LogP contribution in [0.1, 0.15) is 38.2 Å². The van der Waals surface area contributed by atoms with Gasteiger partial charge in [0.1, 0.15) is 0 Å². The van der Waals surface area contributed by atoms with E-state index < -0.39 is 15.9 Å². The summed E-state index contributed by atoms with van der Waals surface area (Å²) in [5, 5.41) is 2.86. The van der Waals surface area contributed by atoms with Crippen LogP contribution in [0.15, 0.2) is 48.5 Å². The van der Waals surface area contributed by atoms with Gasteiger partial charge < -0.3 is 10.2 Å². The van der Waals surface area contributed by atoms with E-state index in [0.717, 1.165) is 11.3 Å². The molecule has 2 aliphatic rings. The van der Waals surface area contributed by atoms with Gasteiger partial charge >= 0.3 is 0 Å². The number of amides is 2. The van der Waals surface area contributed by atoms with Crippen molar-refractivity contribution < 1.29 is 18.0 Å². The van der Waals surface area contributed by atoms with Crippen molar-refractivity contribution in [1.82, 2.24) is 0 Å². The number of benzene rings is 2. The number of carbonyl (C=O) groups is 2. The van der Waals surface area contributed by atoms with E-state index in [1.54, 1.807) is 29.2 Å². The molecule has 0 spiro atoms. The van der Waals surface area contributed by atoms with Gasteiger partial charge in [0.25, 0.3) is 0 Å². The first-order valence-corrected chi connectivity index (χ1v) is 12.2. The lowest BCUT2D eigenvalue weighted by Gasteiger charge is -2.19. The van der Waals surface area contributed by atoms with Crippen LogP contribution in [0.5, 0.6) is 0 Å². The van der Waals surface area contributed by atoms with Gasteiger partial charge in [-0.3, -0.25) is 13.9 Å². The van der Waals surface area contributed by atoms with Gasteiger partial charge in [0.2, 0.25) is 21.8 Å². The van der Waals surface area contributed by atoms with Crippen LogP contribution in [-0.2, 0) is 19.6 Å². The first kappa shape index (κ1) is 21.4. The van der Waals surface area contributed by atoms with Crippen molar-refractivity contribution in [3.63, 3.8) is 0 Å². The van der Waals surface area contributed by atoms with Crippen LogP contribution in [0.25, 0.3) is 0 Å². The van der Waals surface area contributed by atoms with Gasteiger partial charge in [0.15, 0.2) is 0 Å². The van der Waals surface area contributed by atoms with Crippen molar-refractivity contribution in [2.45, 2.75) is 32.6 Å². The number of sulfonamides is 1. The summed E-state index contributed by atoms with van der Waals surface area (Å²) >= 11 is 0. The molecular formula is C23H27N3O4S. The Kier molecular flexibility index (Phi) is 5.75. The molecule has 2 heterocycles. The van der Waals surface area contributed by atoms with Gasteiger partial charge in [-0.2, -0.15) is 0 Å². The zero-order chi connectivity index (χ0) is 22.2. The normalized spacial score (nSPS) is 20.5. The highest BCUT2D eigenvalue weighted by Gasteiger charge is 2.35. The minimum absolute atomic E-state index is 0.0596. The van der Waals surface area contributed by atoms with Crippen molar-refractivity contribution in [2.24, 2.45) is 5.92 Å². The lowest BCUT2D eigenvalue weighted by Crippen LogP contribution is -2.28.